The fourth-order valence-electron chi connectivity index (χ4n) is 2.91. The Morgan fingerprint density at radius 2 is 1.83 bits per heavy atom. The molecule has 0 aliphatic heterocycles. The van der Waals surface area contributed by atoms with Crippen molar-refractivity contribution < 1.29 is 14.3 Å². The van der Waals surface area contributed by atoms with E-state index >= 15 is 0 Å². The number of amides is 1. The summed E-state index contributed by atoms with van der Waals surface area (Å²) in [7, 11) is 1.24. The third-order valence-corrected chi connectivity index (χ3v) is 4.60. The van der Waals surface area contributed by atoms with Crippen LogP contribution >= 0.6 is 0 Å². The molecule has 29 heavy (non-hydrogen) atoms. The fourth-order valence-corrected chi connectivity index (χ4v) is 2.91. The van der Waals surface area contributed by atoms with Gasteiger partial charge in [-0.25, -0.2) is 4.79 Å². The number of nitrogens with two attached hydrogens (primary N) is 1. The zero-order valence-electron chi connectivity index (χ0n) is 16.3. The Morgan fingerprint density at radius 3 is 2.45 bits per heavy atom. The Labute approximate surface area is 168 Å². The van der Waals surface area contributed by atoms with Crippen molar-refractivity contribution in [2.24, 2.45) is 0 Å². The molecule has 0 saturated carbocycles. The van der Waals surface area contributed by atoms with E-state index in [1.165, 1.54) is 17.9 Å². The monoisotopic (exact) mass is 388 g/mol. The molecule has 0 unspecified atom stereocenters. The van der Waals surface area contributed by atoms with E-state index in [0.717, 1.165) is 11.1 Å². The molecule has 1 heterocycles. The van der Waals surface area contributed by atoms with Crippen LogP contribution in [0.1, 0.15) is 37.5 Å². The second-order valence-corrected chi connectivity index (χ2v) is 6.60. The van der Waals surface area contributed by atoms with Crippen molar-refractivity contribution >= 4 is 23.3 Å². The van der Waals surface area contributed by atoms with Crippen molar-refractivity contribution in [3.63, 3.8) is 0 Å². The Balaban J connectivity index is 2.02. The van der Waals surface area contributed by atoms with Gasteiger partial charge in [0.1, 0.15) is 6.07 Å². The lowest BCUT2D eigenvalue weighted by atomic mass is 10.1. The maximum absolute atomic E-state index is 12.6. The minimum absolute atomic E-state index is 0.0464. The van der Waals surface area contributed by atoms with Crippen LogP contribution in [0.15, 0.2) is 48.7 Å². The third kappa shape index (κ3) is 3.82. The van der Waals surface area contributed by atoms with Gasteiger partial charge in [-0.3, -0.25) is 4.79 Å². The molecule has 3 N–H and O–H groups in total. The van der Waals surface area contributed by atoms with E-state index in [1.807, 2.05) is 38.1 Å². The molecular formula is C22H20N4O3. The van der Waals surface area contributed by atoms with Gasteiger partial charge in [-0.2, -0.15) is 5.26 Å². The molecule has 3 rings (SSSR count). The number of ether oxygens (including phenoxy) is 1. The van der Waals surface area contributed by atoms with Gasteiger partial charge in [0.15, 0.2) is 5.69 Å². The molecule has 0 spiro atoms. The molecule has 0 atom stereocenters. The zero-order chi connectivity index (χ0) is 21.1. The van der Waals surface area contributed by atoms with E-state index in [9.17, 15) is 14.9 Å². The summed E-state index contributed by atoms with van der Waals surface area (Å²) in [6.07, 6.45) is 1.47. The number of nitrogens with one attached hydrogen (secondary N) is 1. The molecule has 0 aliphatic rings. The molecule has 1 aromatic heterocycles. The Bertz CT molecular complexity index is 1140. The number of aryl methyl sites for hydroxylation is 2. The number of nitrogen functional groups attached to an aromatic ring is 1. The van der Waals surface area contributed by atoms with Crippen LogP contribution in [0.3, 0.4) is 0 Å². The zero-order valence-corrected chi connectivity index (χ0v) is 16.3. The van der Waals surface area contributed by atoms with Gasteiger partial charge in [0, 0.05) is 23.1 Å². The third-order valence-electron chi connectivity index (χ3n) is 4.60. The highest BCUT2D eigenvalue weighted by Crippen LogP contribution is 2.27. The van der Waals surface area contributed by atoms with Gasteiger partial charge in [-0.05, 0) is 43.7 Å². The van der Waals surface area contributed by atoms with Gasteiger partial charge in [0.25, 0.3) is 5.91 Å². The SMILES string of the molecule is COC(=O)c1c(N)c(C#N)cn1-c1ccc(C)c(NC(=O)c2ccc(C)cc2)c1. The molecule has 146 valence electrons. The highest BCUT2D eigenvalue weighted by molar-refractivity contribution is 6.05. The molecule has 0 bridgehead atoms. The molecule has 3 aromatic rings. The van der Waals surface area contributed by atoms with Gasteiger partial charge < -0.3 is 20.4 Å². The van der Waals surface area contributed by atoms with Gasteiger partial charge in [0.05, 0.1) is 18.4 Å². The van der Waals surface area contributed by atoms with Crippen molar-refractivity contribution in [1.82, 2.24) is 4.57 Å². The molecular weight excluding hydrogens is 368 g/mol. The van der Waals surface area contributed by atoms with E-state index in [1.54, 1.807) is 24.3 Å². The average molecular weight is 388 g/mol. The number of carbonyl (C=O) groups excluding carboxylic acids is 2. The molecule has 0 aliphatic carbocycles. The number of rotatable bonds is 4. The summed E-state index contributed by atoms with van der Waals surface area (Å²) >= 11 is 0. The number of anilines is 2. The van der Waals surface area contributed by atoms with E-state index in [0.29, 0.717) is 16.9 Å². The smallest absolute Gasteiger partial charge is 0.357 e. The number of nitriles is 1. The number of carbonyl (C=O) groups is 2. The summed E-state index contributed by atoms with van der Waals surface area (Å²) in [5, 5.41) is 12.2. The number of hydrogen-bond acceptors (Lipinski definition) is 5. The molecule has 2 aromatic carbocycles. The van der Waals surface area contributed by atoms with Crippen molar-refractivity contribution in [2.45, 2.75) is 13.8 Å². The van der Waals surface area contributed by atoms with Crippen LogP contribution in [0.4, 0.5) is 11.4 Å². The Hall–Kier alpha value is -4.05. The molecule has 1 amide bonds. The number of methoxy groups -OCH3 is 1. The number of aromatic nitrogens is 1. The van der Waals surface area contributed by atoms with Crippen LogP contribution in [0, 0.1) is 25.2 Å². The van der Waals surface area contributed by atoms with E-state index in [2.05, 4.69) is 5.32 Å². The van der Waals surface area contributed by atoms with Crippen molar-refractivity contribution in [3.8, 4) is 11.8 Å². The first-order chi connectivity index (χ1) is 13.8. The highest BCUT2D eigenvalue weighted by atomic mass is 16.5. The van der Waals surface area contributed by atoms with Crippen molar-refractivity contribution in [2.75, 3.05) is 18.2 Å². The summed E-state index contributed by atoms with van der Waals surface area (Å²) in [4.78, 5) is 24.8. The predicted molar refractivity (Wildman–Crippen MR) is 110 cm³/mol. The molecule has 0 fully saturated rings. The van der Waals surface area contributed by atoms with E-state index in [-0.39, 0.29) is 22.9 Å². The number of hydrogen-bond donors (Lipinski definition) is 2. The Kier molecular flexibility index (Phi) is 5.37. The first-order valence-corrected chi connectivity index (χ1v) is 8.84. The maximum Gasteiger partial charge on any atom is 0.357 e. The van der Waals surface area contributed by atoms with Crippen LogP contribution in [-0.4, -0.2) is 23.6 Å². The van der Waals surface area contributed by atoms with Crippen molar-refractivity contribution in [1.29, 1.82) is 5.26 Å². The maximum atomic E-state index is 12.6. The summed E-state index contributed by atoms with van der Waals surface area (Å²) < 4.78 is 6.29. The lowest BCUT2D eigenvalue weighted by Crippen LogP contribution is -2.14. The summed E-state index contributed by atoms with van der Waals surface area (Å²) in [5.74, 6) is -0.905. The van der Waals surface area contributed by atoms with Crippen LogP contribution in [0.2, 0.25) is 0 Å². The molecule has 7 heteroatoms. The summed E-state index contributed by atoms with van der Waals surface area (Å²) in [5.41, 5.74) is 9.80. The quantitative estimate of drug-likeness (QED) is 0.664. The number of nitrogens with zero attached hydrogens (tertiary/aromatic N) is 2. The van der Waals surface area contributed by atoms with E-state index in [4.69, 9.17) is 10.5 Å². The fraction of sp³-hybridized carbons (Fsp3) is 0.136. The van der Waals surface area contributed by atoms with Crippen LogP contribution in [-0.2, 0) is 4.74 Å². The molecule has 0 saturated heterocycles. The average Bonchev–Trinajstić information content (AvgIpc) is 3.05. The summed E-state index contributed by atoms with van der Waals surface area (Å²) in [6, 6.07) is 14.5. The van der Waals surface area contributed by atoms with Gasteiger partial charge in [0.2, 0.25) is 0 Å². The second kappa shape index (κ2) is 7.90. The van der Waals surface area contributed by atoms with Gasteiger partial charge >= 0.3 is 5.97 Å². The standard InChI is InChI=1S/C22H20N4O3/c1-13-4-7-15(8-5-13)21(27)25-18-10-17(9-6-14(18)2)26-12-16(11-23)19(24)20(26)22(28)29-3/h4-10,12H,24H2,1-3H3,(H,25,27). The topological polar surface area (TPSA) is 110 Å². The van der Waals surface area contributed by atoms with E-state index < -0.39 is 5.97 Å². The highest BCUT2D eigenvalue weighted by Gasteiger charge is 2.22. The number of esters is 1. The second-order valence-electron chi connectivity index (χ2n) is 6.60. The minimum atomic E-state index is -0.658. The molecule has 7 nitrogen and oxygen atoms in total. The predicted octanol–water partition coefficient (Wildman–Crippen LogP) is 3.59. The van der Waals surface area contributed by atoms with Gasteiger partial charge in [-0.15, -0.1) is 0 Å². The Morgan fingerprint density at radius 1 is 1.14 bits per heavy atom. The number of benzene rings is 2. The molecule has 0 radical (unpaired) electrons. The van der Waals surface area contributed by atoms with Crippen LogP contribution in [0.25, 0.3) is 5.69 Å². The first kappa shape index (κ1) is 19.7. The largest absolute Gasteiger partial charge is 0.464 e. The van der Waals surface area contributed by atoms with Gasteiger partial charge in [-0.1, -0.05) is 23.8 Å². The van der Waals surface area contributed by atoms with Crippen LogP contribution in [0.5, 0.6) is 0 Å². The first-order valence-electron chi connectivity index (χ1n) is 8.84. The minimum Gasteiger partial charge on any atom is -0.464 e. The van der Waals surface area contributed by atoms with Crippen LogP contribution < -0.4 is 11.1 Å². The lowest BCUT2D eigenvalue weighted by Gasteiger charge is -2.13. The lowest BCUT2D eigenvalue weighted by molar-refractivity contribution is 0.0593. The normalized spacial score (nSPS) is 10.3. The van der Waals surface area contributed by atoms with Crippen molar-refractivity contribution in [3.05, 3.63) is 76.6 Å². The summed E-state index contributed by atoms with van der Waals surface area (Å²) in [6.45, 7) is 3.81.